The number of fused-ring (bicyclic) bond motifs is 3. The van der Waals surface area contributed by atoms with Crippen LogP contribution in [0.5, 0.6) is 17.2 Å². The van der Waals surface area contributed by atoms with Gasteiger partial charge in [0, 0.05) is 24.2 Å². The molecule has 11 nitrogen and oxygen atoms in total. The van der Waals surface area contributed by atoms with Crippen molar-refractivity contribution in [3.63, 3.8) is 0 Å². The maximum Gasteiger partial charge on any atom is 0.248 e. The van der Waals surface area contributed by atoms with Crippen LogP contribution in [-0.4, -0.2) is 61.4 Å². The lowest BCUT2D eigenvalue weighted by Gasteiger charge is -2.19. The normalized spacial score (nSPS) is 14.5. The number of ether oxygens (including phenoxy) is 3. The number of carbonyl (C=O) groups excluding carboxylic acids is 2. The number of hydrogen-bond donors (Lipinski definition) is 4. The first kappa shape index (κ1) is 30.8. The van der Waals surface area contributed by atoms with Gasteiger partial charge in [0.15, 0.2) is 17.3 Å². The average molecular weight is 596 g/mol. The SMILES string of the molecule is COc1cc2c(c(OC)c1OC)-c1ccc(NC(CCSC)C(=O)Nc3cc(C)[nH]n3)c(=O)cc1C(NC(C)=O)CC2. The Kier molecular flexibility index (Phi) is 10.00. The fourth-order valence-electron chi connectivity index (χ4n) is 5.21. The monoisotopic (exact) mass is 595 g/mol. The fraction of sp³-hybridized carbons (Fsp3) is 0.400. The van der Waals surface area contributed by atoms with Gasteiger partial charge in [-0.1, -0.05) is 6.07 Å². The first-order valence-corrected chi connectivity index (χ1v) is 15.0. The third kappa shape index (κ3) is 6.64. The van der Waals surface area contributed by atoms with Crippen molar-refractivity contribution in [3.8, 4) is 28.4 Å². The van der Waals surface area contributed by atoms with Gasteiger partial charge >= 0.3 is 0 Å². The van der Waals surface area contributed by atoms with E-state index >= 15 is 0 Å². The van der Waals surface area contributed by atoms with Gasteiger partial charge in [0.1, 0.15) is 6.04 Å². The van der Waals surface area contributed by atoms with Crippen molar-refractivity contribution in [2.75, 3.05) is 44.0 Å². The van der Waals surface area contributed by atoms with E-state index < -0.39 is 12.1 Å². The highest BCUT2D eigenvalue weighted by Gasteiger charge is 2.30. The molecule has 42 heavy (non-hydrogen) atoms. The first-order chi connectivity index (χ1) is 20.2. The second-order valence-corrected chi connectivity index (χ2v) is 11.0. The molecule has 0 fully saturated rings. The van der Waals surface area contributed by atoms with Gasteiger partial charge in [-0.05, 0) is 73.1 Å². The maximum atomic E-state index is 13.7. The summed E-state index contributed by atoms with van der Waals surface area (Å²) in [5.74, 6) is 2.02. The van der Waals surface area contributed by atoms with E-state index in [1.54, 1.807) is 38.1 Å². The van der Waals surface area contributed by atoms with Crippen LogP contribution in [-0.2, 0) is 16.0 Å². The molecule has 224 valence electrons. The summed E-state index contributed by atoms with van der Waals surface area (Å²) >= 11 is 1.61. The number of benzene rings is 1. The number of rotatable bonds is 11. The summed E-state index contributed by atoms with van der Waals surface area (Å²) in [6.07, 6.45) is 3.59. The highest BCUT2D eigenvalue weighted by molar-refractivity contribution is 7.98. The molecule has 12 heteroatoms. The van der Waals surface area contributed by atoms with Crippen molar-refractivity contribution in [2.45, 2.75) is 45.2 Å². The number of thioether (sulfide) groups is 1. The number of aromatic amines is 1. The van der Waals surface area contributed by atoms with E-state index in [-0.39, 0.29) is 22.9 Å². The number of nitrogens with zero attached hydrogens (tertiary/aromatic N) is 1. The Labute approximate surface area is 249 Å². The number of carbonyl (C=O) groups is 2. The van der Waals surface area contributed by atoms with Crippen molar-refractivity contribution in [1.82, 2.24) is 15.5 Å². The first-order valence-electron chi connectivity index (χ1n) is 13.6. The summed E-state index contributed by atoms with van der Waals surface area (Å²) < 4.78 is 17.1. The zero-order valence-electron chi connectivity index (χ0n) is 24.7. The standard InChI is InChI=1S/C30H37N5O6S/c1-16-13-26(35-34-16)33-30(38)23(11-12-42-6)32-22-10-8-19-20(15-24(22)37)21(31-17(2)36)9-7-18-14-25(39-3)28(40-4)29(41-5)27(18)19/h8,10,13-15,21,23H,7,9,11-12H2,1-6H3,(H,31,36)(H,32,37)(H2,33,34,35,38). The lowest BCUT2D eigenvalue weighted by Crippen LogP contribution is -2.36. The van der Waals surface area contributed by atoms with E-state index in [1.165, 1.54) is 20.1 Å². The molecule has 1 aromatic heterocycles. The van der Waals surface area contributed by atoms with Gasteiger partial charge in [-0.3, -0.25) is 19.5 Å². The van der Waals surface area contributed by atoms with Crippen LogP contribution in [0.25, 0.3) is 11.1 Å². The van der Waals surface area contributed by atoms with Crippen molar-refractivity contribution in [2.24, 2.45) is 0 Å². The molecule has 2 aromatic carbocycles. The third-order valence-corrected chi connectivity index (χ3v) is 7.77. The Bertz CT molecular complexity index is 1520. The van der Waals surface area contributed by atoms with Crippen LogP contribution < -0.4 is 35.6 Å². The van der Waals surface area contributed by atoms with Gasteiger partial charge in [0.2, 0.25) is 23.0 Å². The summed E-state index contributed by atoms with van der Waals surface area (Å²) in [6.45, 7) is 3.30. The predicted molar refractivity (Wildman–Crippen MR) is 165 cm³/mol. The van der Waals surface area contributed by atoms with E-state index in [2.05, 4.69) is 26.1 Å². The Morgan fingerprint density at radius 1 is 1.12 bits per heavy atom. The topological polar surface area (TPSA) is 144 Å². The highest BCUT2D eigenvalue weighted by Crippen LogP contribution is 2.50. The minimum atomic E-state index is -0.693. The molecule has 1 aliphatic carbocycles. The van der Waals surface area contributed by atoms with Crippen LogP contribution in [0.1, 0.15) is 42.6 Å². The highest BCUT2D eigenvalue weighted by atomic mass is 32.2. The second kappa shape index (κ2) is 13.6. The minimum Gasteiger partial charge on any atom is -0.493 e. The molecule has 0 radical (unpaired) electrons. The summed E-state index contributed by atoms with van der Waals surface area (Å²) in [5, 5.41) is 15.9. The van der Waals surface area contributed by atoms with Crippen molar-refractivity contribution < 1.29 is 23.8 Å². The molecule has 2 unspecified atom stereocenters. The van der Waals surface area contributed by atoms with E-state index in [0.717, 1.165) is 16.8 Å². The zero-order chi connectivity index (χ0) is 30.4. The molecular weight excluding hydrogens is 558 g/mol. The van der Waals surface area contributed by atoms with Gasteiger partial charge in [-0.2, -0.15) is 16.9 Å². The number of hydrogen-bond acceptors (Lipinski definition) is 9. The van der Waals surface area contributed by atoms with E-state index in [4.69, 9.17) is 14.2 Å². The predicted octanol–water partition coefficient (Wildman–Crippen LogP) is 4.07. The molecule has 1 heterocycles. The van der Waals surface area contributed by atoms with E-state index in [1.807, 2.05) is 25.3 Å². The van der Waals surface area contributed by atoms with Gasteiger partial charge in [0.25, 0.3) is 0 Å². The number of H-pyrrole nitrogens is 1. The van der Waals surface area contributed by atoms with Gasteiger partial charge < -0.3 is 30.2 Å². The van der Waals surface area contributed by atoms with Crippen LogP contribution in [0.2, 0.25) is 0 Å². The summed E-state index contributed by atoms with van der Waals surface area (Å²) in [5.41, 5.74) is 3.79. The van der Waals surface area contributed by atoms with Crippen molar-refractivity contribution >= 4 is 35.1 Å². The van der Waals surface area contributed by atoms with E-state index in [0.29, 0.717) is 59.2 Å². The van der Waals surface area contributed by atoms with Crippen LogP contribution in [0, 0.1) is 6.92 Å². The Morgan fingerprint density at radius 2 is 1.88 bits per heavy atom. The second-order valence-electron chi connectivity index (χ2n) is 10.00. The summed E-state index contributed by atoms with van der Waals surface area (Å²) in [7, 11) is 4.66. The minimum absolute atomic E-state index is 0.210. The lowest BCUT2D eigenvalue weighted by atomic mass is 9.95. The average Bonchev–Trinajstić information content (AvgIpc) is 3.23. The number of aryl methyl sites for hydroxylation is 2. The van der Waals surface area contributed by atoms with Gasteiger partial charge in [0.05, 0.1) is 33.1 Å². The lowest BCUT2D eigenvalue weighted by molar-refractivity contribution is -0.120. The van der Waals surface area contributed by atoms with Gasteiger partial charge in [-0.25, -0.2) is 0 Å². The molecule has 2 amide bonds. The fourth-order valence-corrected chi connectivity index (χ4v) is 5.69. The number of amides is 2. The Balaban J connectivity index is 1.84. The maximum absolute atomic E-state index is 13.7. The molecule has 0 bridgehead atoms. The quantitative estimate of drug-likeness (QED) is 0.258. The number of aromatic nitrogens is 2. The van der Waals surface area contributed by atoms with E-state index in [9.17, 15) is 14.4 Å². The molecule has 3 aromatic rings. The molecule has 0 saturated carbocycles. The van der Waals surface area contributed by atoms with Crippen LogP contribution in [0.15, 0.2) is 35.1 Å². The molecule has 4 rings (SSSR count). The van der Waals surface area contributed by atoms with Gasteiger partial charge in [-0.15, -0.1) is 0 Å². The smallest absolute Gasteiger partial charge is 0.248 e. The number of methoxy groups -OCH3 is 3. The molecule has 4 N–H and O–H groups in total. The summed E-state index contributed by atoms with van der Waals surface area (Å²) in [6, 6.07) is 7.55. The van der Waals surface area contributed by atoms with Crippen LogP contribution in [0.4, 0.5) is 11.5 Å². The molecule has 2 atom stereocenters. The Hall–Kier alpha value is -4.19. The summed E-state index contributed by atoms with van der Waals surface area (Å²) in [4.78, 5) is 39.2. The van der Waals surface area contributed by atoms with Crippen molar-refractivity contribution in [1.29, 1.82) is 0 Å². The Morgan fingerprint density at radius 3 is 2.50 bits per heavy atom. The molecular formula is C30H37N5O6S. The largest absolute Gasteiger partial charge is 0.493 e. The third-order valence-electron chi connectivity index (χ3n) is 7.13. The van der Waals surface area contributed by atoms with Crippen molar-refractivity contribution in [3.05, 3.63) is 57.4 Å². The van der Waals surface area contributed by atoms with Crippen LogP contribution in [0.3, 0.4) is 0 Å². The number of anilines is 2. The zero-order valence-corrected chi connectivity index (χ0v) is 25.5. The molecule has 0 saturated heterocycles. The van der Waals surface area contributed by atoms with Crippen LogP contribution >= 0.6 is 11.8 Å². The molecule has 0 spiro atoms. The number of nitrogens with one attached hydrogen (secondary N) is 4. The molecule has 0 aliphatic heterocycles. The molecule has 1 aliphatic rings.